The summed E-state index contributed by atoms with van der Waals surface area (Å²) >= 11 is 0. The van der Waals surface area contributed by atoms with Crippen molar-refractivity contribution < 1.29 is 0 Å². The molecule has 2 N–H and O–H groups in total. The first kappa shape index (κ1) is 11.0. The highest BCUT2D eigenvalue weighted by atomic mass is 15.2. The van der Waals surface area contributed by atoms with Crippen molar-refractivity contribution in [3.05, 3.63) is 23.8 Å². The maximum Gasteiger partial charge on any atom is 0.155 e. The number of fused-ring (bicyclic) bond motifs is 1. The third-order valence-corrected chi connectivity index (χ3v) is 3.47. The van der Waals surface area contributed by atoms with Crippen LogP contribution in [0, 0.1) is 0 Å². The van der Waals surface area contributed by atoms with Crippen molar-refractivity contribution in [1.29, 1.82) is 0 Å². The van der Waals surface area contributed by atoms with E-state index in [-0.39, 0.29) is 5.41 Å². The van der Waals surface area contributed by atoms with Gasteiger partial charge in [0.1, 0.15) is 0 Å². The Morgan fingerprint density at radius 2 is 2.12 bits per heavy atom. The highest BCUT2D eigenvalue weighted by Gasteiger charge is 2.19. The fraction of sp³-hybridized carbons (Fsp3) is 0.462. The number of nitrogens with zero attached hydrogens (tertiary/aromatic N) is 1. The van der Waals surface area contributed by atoms with E-state index >= 15 is 0 Å². The Bertz CT molecular complexity index is 497. The second-order valence-electron chi connectivity index (χ2n) is 4.82. The molecule has 0 spiro atoms. The van der Waals surface area contributed by atoms with Crippen LogP contribution in [0.25, 0.3) is 10.9 Å². The van der Waals surface area contributed by atoms with Crippen molar-refractivity contribution in [2.45, 2.75) is 32.6 Å². The van der Waals surface area contributed by atoms with Gasteiger partial charge >= 0.3 is 0 Å². The van der Waals surface area contributed by atoms with Crippen molar-refractivity contribution in [2.75, 3.05) is 12.4 Å². The van der Waals surface area contributed by atoms with E-state index in [0.717, 1.165) is 17.8 Å². The average molecular weight is 217 g/mol. The first-order valence-electron chi connectivity index (χ1n) is 5.75. The molecule has 0 aliphatic carbocycles. The predicted octanol–water partition coefficient (Wildman–Crippen LogP) is 3.29. The van der Waals surface area contributed by atoms with Gasteiger partial charge in [0, 0.05) is 12.4 Å². The Labute approximate surface area is 96.2 Å². The minimum absolute atomic E-state index is 0.219. The highest BCUT2D eigenvalue weighted by Crippen LogP contribution is 2.30. The van der Waals surface area contributed by atoms with Crippen LogP contribution in [0.4, 0.5) is 5.82 Å². The van der Waals surface area contributed by atoms with Gasteiger partial charge in [-0.05, 0) is 29.5 Å². The maximum absolute atomic E-state index is 4.23. The van der Waals surface area contributed by atoms with Gasteiger partial charge < -0.3 is 5.32 Å². The second-order valence-corrected chi connectivity index (χ2v) is 4.82. The van der Waals surface area contributed by atoms with Crippen LogP contribution in [-0.4, -0.2) is 17.2 Å². The molecule has 1 heterocycles. The number of aromatic amines is 1. The Morgan fingerprint density at radius 1 is 1.38 bits per heavy atom. The molecule has 0 fully saturated rings. The molecule has 0 saturated heterocycles. The molecule has 1 aromatic carbocycles. The van der Waals surface area contributed by atoms with Crippen molar-refractivity contribution in [2.24, 2.45) is 0 Å². The number of aromatic nitrogens is 2. The third kappa shape index (κ3) is 1.66. The van der Waals surface area contributed by atoms with Crippen LogP contribution in [0.3, 0.4) is 0 Å². The van der Waals surface area contributed by atoms with Gasteiger partial charge in [-0.2, -0.15) is 5.10 Å². The SMILES string of the molecule is CCC(C)(C)c1ccc2[nH]nc(NC)c2c1. The molecule has 86 valence electrons. The zero-order valence-electron chi connectivity index (χ0n) is 10.4. The van der Waals surface area contributed by atoms with Gasteiger partial charge in [-0.25, -0.2) is 0 Å². The first-order valence-corrected chi connectivity index (χ1v) is 5.75. The van der Waals surface area contributed by atoms with Gasteiger partial charge in [0.15, 0.2) is 5.82 Å². The molecule has 0 aliphatic heterocycles. The summed E-state index contributed by atoms with van der Waals surface area (Å²) in [4.78, 5) is 0. The number of benzene rings is 1. The van der Waals surface area contributed by atoms with Crippen LogP contribution in [0.2, 0.25) is 0 Å². The molecule has 0 saturated carbocycles. The van der Waals surface area contributed by atoms with Crippen molar-refractivity contribution in [3.63, 3.8) is 0 Å². The standard InChI is InChI=1S/C13H19N3/c1-5-13(2,3)9-6-7-11-10(8-9)12(14-4)16-15-11/h6-8H,5H2,1-4H3,(H2,14,15,16). The van der Waals surface area contributed by atoms with Gasteiger partial charge in [-0.3, -0.25) is 5.10 Å². The van der Waals surface area contributed by atoms with Gasteiger partial charge in [-0.15, -0.1) is 0 Å². The molecule has 16 heavy (non-hydrogen) atoms. The molecule has 0 bridgehead atoms. The monoisotopic (exact) mass is 217 g/mol. The largest absolute Gasteiger partial charge is 0.371 e. The van der Waals surface area contributed by atoms with E-state index in [2.05, 4.69) is 54.5 Å². The minimum atomic E-state index is 0.219. The minimum Gasteiger partial charge on any atom is -0.371 e. The summed E-state index contributed by atoms with van der Waals surface area (Å²) in [5, 5.41) is 11.5. The zero-order valence-corrected chi connectivity index (χ0v) is 10.4. The lowest BCUT2D eigenvalue weighted by atomic mass is 9.82. The lowest BCUT2D eigenvalue weighted by molar-refractivity contribution is 0.507. The molecular weight excluding hydrogens is 198 g/mol. The van der Waals surface area contributed by atoms with Crippen molar-refractivity contribution >= 4 is 16.7 Å². The van der Waals surface area contributed by atoms with Gasteiger partial charge in [0.25, 0.3) is 0 Å². The number of rotatable bonds is 3. The van der Waals surface area contributed by atoms with E-state index in [1.807, 2.05) is 7.05 Å². The molecule has 0 aliphatic rings. The number of hydrogen-bond donors (Lipinski definition) is 2. The van der Waals surface area contributed by atoms with Gasteiger partial charge in [0.05, 0.1) is 5.52 Å². The molecule has 1 aromatic heterocycles. The Kier molecular flexibility index (Phi) is 2.62. The van der Waals surface area contributed by atoms with E-state index < -0.39 is 0 Å². The number of H-pyrrole nitrogens is 1. The number of hydrogen-bond acceptors (Lipinski definition) is 2. The molecule has 0 radical (unpaired) electrons. The lowest BCUT2D eigenvalue weighted by Gasteiger charge is -2.23. The molecule has 0 atom stereocenters. The third-order valence-electron chi connectivity index (χ3n) is 3.47. The van der Waals surface area contributed by atoms with Crippen LogP contribution in [0.5, 0.6) is 0 Å². The van der Waals surface area contributed by atoms with Crippen LogP contribution < -0.4 is 5.32 Å². The first-order chi connectivity index (χ1) is 7.58. The summed E-state index contributed by atoms with van der Waals surface area (Å²) in [5.74, 6) is 0.920. The fourth-order valence-electron chi connectivity index (χ4n) is 1.83. The summed E-state index contributed by atoms with van der Waals surface area (Å²) in [6.07, 6.45) is 1.13. The van der Waals surface area contributed by atoms with Crippen LogP contribution in [-0.2, 0) is 5.41 Å². The summed E-state index contributed by atoms with van der Waals surface area (Å²) in [6, 6.07) is 6.52. The average Bonchev–Trinajstić information content (AvgIpc) is 2.70. The summed E-state index contributed by atoms with van der Waals surface area (Å²) in [7, 11) is 1.90. The lowest BCUT2D eigenvalue weighted by Crippen LogP contribution is -2.15. The van der Waals surface area contributed by atoms with E-state index in [9.17, 15) is 0 Å². The van der Waals surface area contributed by atoms with Crippen LogP contribution in [0.15, 0.2) is 18.2 Å². The molecule has 3 nitrogen and oxygen atoms in total. The number of nitrogens with one attached hydrogen (secondary N) is 2. The summed E-state index contributed by atoms with van der Waals surface area (Å²) < 4.78 is 0. The zero-order chi connectivity index (χ0) is 11.8. The second kappa shape index (κ2) is 3.81. The maximum atomic E-state index is 4.23. The van der Waals surface area contributed by atoms with Crippen LogP contribution in [0.1, 0.15) is 32.8 Å². The van der Waals surface area contributed by atoms with E-state index in [1.54, 1.807) is 0 Å². The smallest absolute Gasteiger partial charge is 0.155 e. The Morgan fingerprint density at radius 3 is 2.75 bits per heavy atom. The van der Waals surface area contributed by atoms with Gasteiger partial charge in [-0.1, -0.05) is 26.8 Å². The molecule has 2 aromatic rings. The summed E-state index contributed by atoms with van der Waals surface area (Å²) in [5.41, 5.74) is 2.66. The van der Waals surface area contributed by atoms with Gasteiger partial charge in [0.2, 0.25) is 0 Å². The van der Waals surface area contributed by atoms with E-state index in [4.69, 9.17) is 0 Å². The Balaban J connectivity index is 2.58. The predicted molar refractivity (Wildman–Crippen MR) is 69.0 cm³/mol. The summed E-state index contributed by atoms with van der Waals surface area (Å²) in [6.45, 7) is 6.76. The van der Waals surface area contributed by atoms with Crippen LogP contribution >= 0.6 is 0 Å². The van der Waals surface area contributed by atoms with Crippen molar-refractivity contribution in [3.8, 4) is 0 Å². The fourth-order valence-corrected chi connectivity index (χ4v) is 1.83. The topological polar surface area (TPSA) is 40.7 Å². The van der Waals surface area contributed by atoms with E-state index in [0.29, 0.717) is 0 Å². The molecule has 0 unspecified atom stereocenters. The quantitative estimate of drug-likeness (QED) is 0.828. The molecule has 2 rings (SSSR count). The Hall–Kier alpha value is -1.51. The van der Waals surface area contributed by atoms with E-state index in [1.165, 1.54) is 10.9 Å². The molecular formula is C13H19N3. The molecule has 3 heteroatoms. The number of anilines is 1. The highest BCUT2D eigenvalue weighted by molar-refractivity contribution is 5.90. The normalized spacial score (nSPS) is 12.0. The molecule has 0 amide bonds. The van der Waals surface area contributed by atoms with Crippen molar-refractivity contribution in [1.82, 2.24) is 10.2 Å².